The summed E-state index contributed by atoms with van der Waals surface area (Å²) >= 11 is 18.4. The number of hydrogen-bond acceptors (Lipinski definition) is 5. The van der Waals surface area contributed by atoms with Crippen molar-refractivity contribution < 1.29 is 19.4 Å². The number of hydrogen-bond donors (Lipinski definition) is 2. The van der Waals surface area contributed by atoms with Crippen molar-refractivity contribution in [3.8, 4) is 11.5 Å². The highest BCUT2D eigenvalue weighted by molar-refractivity contribution is 6.44. The van der Waals surface area contributed by atoms with Gasteiger partial charge in [-0.15, -0.1) is 0 Å². The van der Waals surface area contributed by atoms with E-state index in [9.17, 15) is 9.90 Å². The number of methoxy groups -OCH3 is 1. The Balaban J connectivity index is 1.73. The van der Waals surface area contributed by atoms with Gasteiger partial charge in [0.15, 0.2) is 11.5 Å². The highest BCUT2D eigenvalue weighted by Gasteiger charge is 2.13. The van der Waals surface area contributed by atoms with Gasteiger partial charge >= 0.3 is 5.97 Å². The second-order valence-electron chi connectivity index (χ2n) is 6.24. The average molecular weight is 480 g/mol. The molecule has 0 saturated carbocycles. The lowest BCUT2D eigenvalue weighted by molar-refractivity contribution is 0.0698. The fraction of sp³-hybridized carbons (Fsp3) is 0.0909. The van der Waals surface area contributed by atoms with Crippen LogP contribution in [0.15, 0.2) is 59.7 Å². The number of carboxylic acid groups (broad SMARTS) is 1. The summed E-state index contributed by atoms with van der Waals surface area (Å²) in [6.07, 6.45) is 1.54. The van der Waals surface area contributed by atoms with Crippen LogP contribution in [0.4, 0.5) is 5.69 Å². The van der Waals surface area contributed by atoms with Crippen LogP contribution in [0.3, 0.4) is 0 Å². The molecule has 0 radical (unpaired) electrons. The SMILES string of the molecule is COc1cc(C=NNc2ccccc2C(=O)O)ccc1OCc1c(Cl)ccc(Cl)c1Cl. The second-order valence-corrected chi connectivity index (χ2v) is 7.43. The summed E-state index contributed by atoms with van der Waals surface area (Å²) in [5.41, 5.74) is 4.53. The standard InChI is InChI=1S/C22H17Cl3N2O4/c1-30-20-10-13(11-26-27-18-5-3-2-4-14(18)22(28)29)6-9-19(20)31-12-15-16(23)7-8-17(24)21(15)25/h2-11,27H,12H2,1H3,(H,28,29). The van der Waals surface area contributed by atoms with Crippen molar-refractivity contribution in [2.24, 2.45) is 5.10 Å². The normalized spacial score (nSPS) is 10.8. The van der Waals surface area contributed by atoms with Crippen LogP contribution >= 0.6 is 34.8 Å². The maximum atomic E-state index is 11.3. The van der Waals surface area contributed by atoms with Crippen LogP contribution in [0, 0.1) is 0 Å². The van der Waals surface area contributed by atoms with E-state index in [-0.39, 0.29) is 12.2 Å². The van der Waals surface area contributed by atoms with Gasteiger partial charge in [0.25, 0.3) is 0 Å². The highest BCUT2D eigenvalue weighted by Crippen LogP contribution is 2.34. The van der Waals surface area contributed by atoms with E-state index >= 15 is 0 Å². The van der Waals surface area contributed by atoms with Crippen molar-refractivity contribution in [1.29, 1.82) is 0 Å². The number of carbonyl (C=O) groups is 1. The molecule has 0 heterocycles. The Kier molecular flexibility index (Phi) is 7.63. The molecule has 0 amide bonds. The second kappa shape index (κ2) is 10.4. The van der Waals surface area contributed by atoms with Gasteiger partial charge in [-0.1, -0.05) is 46.9 Å². The van der Waals surface area contributed by atoms with E-state index in [4.69, 9.17) is 44.3 Å². The maximum Gasteiger partial charge on any atom is 0.337 e. The van der Waals surface area contributed by atoms with Crippen LogP contribution in [-0.4, -0.2) is 24.4 Å². The zero-order chi connectivity index (χ0) is 22.4. The fourth-order valence-corrected chi connectivity index (χ4v) is 3.34. The lowest BCUT2D eigenvalue weighted by atomic mass is 10.2. The molecule has 0 atom stereocenters. The predicted molar refractivity (Wildman–Crippen MR) is 123 cm³/mol. The molecule has 2 N–H and O–H groups in total. The van der Waals surface area contributed by atoms with Crippen LogP contribution in [0.25, 0.3) is 0 Å². The van der Waals surface area contributed by atoms with Crippen LogP contribution in [0.5, 0.6) is 11.5 Å². The van der Waals surface area contributed by atoms with Gasteiger partial charge in [0.1, 0.15) is 6.61 Å². The zero-order valence-electron chi connectivity index (χ0n) is 16.2. The molecule has 0 unspecified atom stereocenters. The van der Waals surface area contributed by atoms with Crippen molar-refractivity contribution >= 4 is 52.7 Å². The first kappa shape index (κ1) is 22.7. The van der Waals surface area contributed by atoms with E-state index < -0.39 is 5.97 Å². The molecular formula is C22H17Cl3N2O4. The summed E-state index contributed by atoms with van der Waals surface area (Å²) in [6, 6.07) is 15.0. The molecule has 9 heteroatoms. The van der Waals surface area contributed by atoms with Crippen molar-refractivity contribution in [3.05, 3.63) is 86.4 Å². The summed E-state index contributed by atoms with van der Waals surface area (Å²) in [5.74, 6) is -0.0820. The van der Waals surface area contributed by atoms with Crippen molar-refractivity contribution in [2.75, 3.05) is 12.5 Å². The summed E-state index contributed by atoms with van der Waals surface area (Å²) < 4.78 is 11.2. The third-order valence-corrected chi connectivity index (χ3v) is 5.45. The monoisotopic (exact) mass is 478 g/mol. The quantitative estimate of drug-likeness (QED) is 0.223. The van der Waals surface area contributed by atoms with E-state index in [1.807, 2.05) is 0 Å². The average Bonchev–Trinajstić information content (AvgIpc) is 2.77. The van der Waals surface area contributed by atoms with Crippen LogP contribution < -0.4 is 14.9 Å². The molecule has 160 valence electrons. The third-order valence-electron chi connectivity index (χ3n) is 4.25. The number of aromatic carboxylic acids is 1. The minimum absolute atomic E-state index is 0.107. The van der Waals surface area contributed by atoms with Gasteiger partial charge in [0.05, 0.1) is 34.6 Å². The molecule has 0 bridgehead atoms. The topological polar surface area (TPSA) is 80.2 Å². The summed E-state index contributed by atoms with van der Waals surface area (Å²) in [6.45, 7) is 0.107. The van der Waals surface area contributed by atoms with Gasteiger partial charge in [0, 0.05) is 10.6 Å². The predicted octanol–water partition coefficient (Wildman–Crippen LogP) is 6.38. The third kappa shape index (κ3) is 5.61. The van der Waals surface area contributed by atoms with E-state index in [2.05, 4.69) is 10.5 Å². The number of para-hydroxylation sites is 1. The Hall–Kier alpha value is -2.93. The minimum atomic E-state index is -1.04. The molecule has 3 rings (SSSR count). The molecule has 0 aromatic heterocycles. The Labute approximate surface area is 194 Å². The maximum absolute atomic E-state index is 11.3. The zero-order valence-corrected chi connectivity index (χ0v) is 18.5. The van der Waals surface area contributed by atoms with E-state index in [0.717, 1.165) is 0 Å². The molecule has 3 aromatic rings. The summed E-state index contributed by atoms with van der Waals surface area (Å²) in [4.78, 5) is 11.3. The lowest BCUT2D eigenvalue weighted by Gasteiger charge is -2.13. The van der Waals surface area contributed by atoms with Crippen LogP contribution in [0.2, 0.25) is 15.1 Å². The highest BCUT2D eigenvalue weighted by atomic mass is 35.5. The Morgan fingerprint density at radius 3 is 2.55 bits per heavy atom. The van der Waals surface area contributed by atoms with Gasteiger partial charge in [-0.2, -0.15) is 5.10 Å². The molecule has 0 aliphatic rings. The smallest absolute Gasteiger partial charge is 0.337 e. The number of carboxylic acids is 1. The van der Waals surface area contributed by atoms with Gasteiger partial charge in [0.2, 0.25) is 0 Å². The van der Waals surface area contributed by atoms with Gasteiger partial charge < -0.3 is 14.6 Å². The first-order valence-electron chi connectivity index (χ1n) is 8.95. The number of halogens is 3. The molecule has 0 spiro atoms. The van der Waals surface area contributed by atoms with Gasteiger partial charge in [-0.25, -0.2) is 4.79 Å². The van der Waals surface area contributed by atoms with Crippen LogP contribution in [-0.2, 0) is 6.61 Å². The number of anilines is 1. The molecule has 3 aromatic carbocycles. The number of hydrazone groups is 1. The van der Waals surface area contributed by atoms with Gasteiger partial charge in [-0.05, 0) is 48.0 Å². The first-order chi connectivity index (χ1) is 14.9. The molecule has 0 fully saturated rings. The molecular weight excluding hydrogens is 463 g/mol. The minimum Gasteiger partial charge on any atom is -0.493 e. The molecule has 6 nitrogen and oxygen atoms in total. The summed E-state index contributed by atoms with van der Waals surface area (Å²) in [5, 5.41) is 14.5. The Bertz CT molecular complexity index is 1140. The van der Waals surface area contributed by atoms with E-state index in [0.29, 0.717) is 43.4 Å². The molecule has 0 saturated heterocycles. The Morgan fingerprint density at radius 1 is 1.06 bits per heavy atom. The number of benzene rings is 3. The van der Waals surface area contributed by atoms with Crippen molar-refractivity contribution in [2.45, 2.75) is 6.61 Å². The van der Waals surface area contributed by atoms with Gasteiger partial charge in [-0.3, -0.25) is 5.43 Å². The summed E-state index contributed by atoms with van der Waals surface area (Å²) in [7, 11) is 1.52. The van der Waals surface area contributed by atoms with E-state index in [1.165, 1.54) is 19.4 Å². The molecule has 0 aliphatic heterocycles. The fourth-order valence-electron chi connectivity index (χ4n) is 2.68. The largest absolute Gasteiger partial charge is 0.493 e. The van der Waals surface area contributed by atoms with Crippen LogP contribution in [0.1, 0.15) is 21.5 Å². The number of nitrogens with one attached hydrogen (secondary N) is 1. The Morgan fingerprint density at radius 2 is 1.81 bits per heavy atom. The lowest BCUT2D eigenvalue weighted by Crippen LogP contribution is -2.02. The molecule has 0 aliphatic carbocycles. The molecule has 31 heavy (non-hydrogen) atoms. The number of rotatable bonds is 8. The van der Waals surface area contributed by atoms with Crippen molar-refractivity contribution in [3.63, 3.8) is 0 Å². The number of ether oxygens (including phenoxy) is 2. The number of nitrogens with zero attached hydrogens (tertiary/aromatic N) is 1. The van der Waals surface area contributed by atoms with E-state index in [1.54, 1.807) is 48.5 Å². The van der Waals surface area contributed by atoms with Crippen molar-refractivity contribution in [1.82, 2.24) is 0 Å². The first-order valence-corrected chi connectivity index (χ1v) is 10.1.